The van der Waals surface area contributed by atoms with Crippen LogP contribution in [0, 0.1) is 13.8 Å². The van der Waals surface area contributed by atoms with E-state index in [1.807, 2.05) is 26.0 Å². The summed E-state index contributed by atoms with van der Waals surface area (Å²) >= 11 is 0. The molecule has 0 amide bonds. The first kappa shape index (κ1) is 13.5. The van der Waals surface area contributed by atoms with Gasteiger partial charge in [0.15, 0.2) is 0 Å². The predicted octanol–water partition coefficient (Wildman–Crippen LogP) is 3.55. The Hall–Kier alpha value is -2.17. The maximum atomic E-state index is 12.2. The predicted molar refractivity (Wildman–Crippen MR) is 79.6 cm³/mol. The number of benzene rings is 1. The molecule has 0 unspecified atom stereocenters. The van der Waals surface area contributed by atoms with E-state index >= 15 is 0 Å². The molecule has 2 saturated carbocycles. The highest BCUT2D eigenvalue weighted by atomic mass is 16.5. The van der Waals surface area contributed by atoms with E-state index in [-0.39, 0.29) is 12.1 Å². The topological polar surface area (TPSA) is 65.2 Å². The molecular formula is C17H18N2O3. The van der Waals surface area contributed by atoms with E-state index < -0.39 is 0 Å². The largest absolute Gasteiger partial charge is 0.459 e. The van der Waals surface area contributed by atoms with Crippen LogP contribution in [0.4, 0.5) is 0 Å². The fourth-order valence-corrected chi connectivity index (χ4v) is 2.66. The van der Waals surface area contributed by atoms with Crippen molar-refractivity contribution in [3.63, 3.8) is 0 Å². The van der Waals surface area contributed by atoms with Crippen LogP contribution in [-0.4, -0.2) is 22.2 Å². The minimum atomic E-state index is -0.226. The zero-order chi connectivity index (χ0) is 15.3. The first-order valence-electron chi connectivity index (χ1n) is 7.78. The van der Waals surface area contributed by atoms with Crippen molar-refractivity contribution in [3.05, 3.63) is 34.7 Å². The molecule has 0 bridgehead atoms. The number of carbonyl (C=O) groups excluding carboxylic acids is 1. The summed E-state index contributed by atoms with van der Waals surface area (Å²) in [7, 11) is 0. The van der Waals surface area contributed by atoms with E-state index in [9.17, 15) is 4.79 Å². The lowest BCUT2D eigenvalue weighted by Gasteiger charge is -2.10. The average molecular weight is 298 g/mol. The molecule has 0 saturated heterocycles. The lowest BCUT2D eigenvalue weighted by molar-refractivity contribution is 0.0470. The number of nitrogens with zero attached hydrogens (tertiary/aromatic N) is 2. The third-order valence-corrected chi connectivity index (χ3v) is 4.16. The molecule has 114 valence electrons. The summed E-state index contributed by atoms with van der Waals surface area (Å²) in [5, 5.41) is 4.06. The Morgan fingerprint density at radius 1 is 1.18 bits per heavy atom. The van der Waals surface area contributed by atoms with E-state index in [1.165, 1.54) is 0 Å². The van der Waals surface area contributed by atoms with Gasteiger partial charge in [0.1, 0.15) is 6.10 Å². The van der Waals surface area contributed by atoms with Gasteiger partial charge in [-0.3, -0.25) is 0 Å². The molecule has 0 atom stereocenters. The van der Waals surface area contributed by atoms with Gasteiger partial charge < -0.3 is 9.26 Å². The molecule has 0 aliphatic heterocycles. The van der Waals surface area contributed by atoms with Crippen LogP contribution in [0.15, 0.2) is 16.7 Å². The van der Waals surface area contributed by atoms with Gasteiger partial charge in [-0.15, -0.1) is 0 Å². The number of esters is 1. The Kier molecular flexibility index (Phi) is 3.03. The van der Waals surface area contributed by atoms with Gasteiger partial charge in [0, 0.05) is 11.5 Å². The van der Waals surface area contributed by atoms with E-state index in [1.54, 1.807) is 0 Å². The molecule has 5 heteroatoms. The number of rotatable bonds is 4. The summed E-state index contributed by atoms with van der Waals surface area (Å²) in [6.45, 7) is 3.84. The molecule has 2 fully saturated rings. The molecule has 22 heavy (non-hydrogen) atoms. The molecule has 1 aromatic carbocycles. The van der Waals surface area contributed by atoms with E-state index in [2.05, 4.69) is 10.1 Å². The number of aryl methyl sites for hydroxylation is 2. The van der Waals surface area contributed by atoms with Crippen molar-refractivity contribution in [2.75, 3.05) is 0 Å². The quantitative estimate of drug-likeness (QED) is 0.808. The number of aromatic nitrogens is 2. The van der Waals surface area contributed by atoms with Crippen LogP contribution >= 0.6 is 0 Å². The van der Waals surface area contributed by atoms with Gasteiger partial charge in [-0.05, 0) is 62.8 Å². The van der Waals surface area contributed by atoms with E-state index in [0.29, 0.717) is 17.3 Å². The minimum absolute atomic E-state index is 0.115. The van der Waals surface area contributed by atoms with E-state index in [0.717, 1.165) is 48.3 Å². The Bertz CT molecular complexity index is 719. The van der Waals surface area contributed by atoms with Crippen molar-refractivity contribution in [1.29, 1.82) is 0 Å². The van der Waals surface area contributed by atoms with Crippen molar-refractivity contribution in [3.8, 4) is 11.4 Å². The van der Waals surface area contributed by atoms with Crippen LogP contribution in [-0.2, 0) is 4.74 Å². The van der Waals surface area contributed by atoms with Crippen LogP contribution in [0.1, 0.15) is 59.0 Å². The lowest BCUT2D eigenvalue weighted by atomic mass is 9.99. The highest BCUT2D eigenvalue weighted by Crippen LogP contribution is 2.39. The lowest BCUT2D eigenvalue weighted by Crippen LogP contribution is -2.10. The number of carbonyl (C=O) groups is 1. The first-order chi connectivity index (χ1) is 10.6. The number of hydrogen-bond donors (Lipinski definition) is 0. The summed E-state index contributed by atoms with van der Waals surface area (Å²) in [5.74, 6) is 1.53. The fourth-order valence-electron chi connectivity index (χ4n) is 2.66. The molecule has 2 aromatic rings. The number of ether oxygens (including phenoxy) is 1. The van der Waals surface area contributed by atoms with Gasteiger partial charge >= 0.3 is 5.97 Å². The summed E-state index contributed by atoms with van der Waals surface area (Å²) < 4.78 is 10.7. The average Bonchev–Trinajstić information content (AvgIpc) is 3.39. The van der Waals surface area contributed by atoms with Gasteiger partial charge in [-0.25, -0.2) is 4.79 Å². The number of hydrogen-bond acceptors (Lipinski definition) is 5. The minimum Gasteiger partial charge on any atom is -0.459 e. The fraction of sp³-hybridized carbons (Fsp3) is 0.471. The second-order valence-corrected chi connectivity index (χ2v) is 6.32. The van der Waals surface area contributed by atoms with E-state index in [4.69, 9.17) is 9.26 Å². The molecule has 1 heterocycles. The standard InChI is InChI=1S/C17H18N2O3/c1-9-7-12(15-18-16(22-19-15)11-3-4-11)8-10(2)14(9)17(20)21-13-5-6-13/h7-8,11,13H,3-6H2,1-2H3. The van der Waals surface area contributed by atoms with Crippen LogP contribution in [0.3, 0.4) is 0 Å². The highest BCUT2D eigenvalue weighted by Gasteiger charge is 2.30. The van der Waals surface area contributed by atoms with Gasteiger partial charge in [0.2, 0.25) is 11.7 Å². The van der Waals surface area contributed by atoms with Crippen LogP contribution in [0.2, 0.25) is 0 Å². The van der Waals surface area contributed by atoms with Crippen molar-refractivity contribution in [2.24, 2.45) is 0 Å². The zero-order valence-electron chi connectivity index (χ0n) is 12.8. The van der Waals surface area contributed by atoms with Gasteiger partial charge in [-0.1, -0.05) is 5.16 Å². The summed E-state index contributed by atoms with van der Waals surface area (Å²) in [6, 6.07) is 3.86. The molecule has 1 aromatic heterocycles. The third kappa shape index (κ3) is 2.51. The Morgan fingerprint density at radius 2 is 1.86 bits per heavy atom. The second-order valence-electron chi connectivity index (χ2n) is 6.32. The normalized spacial score (nSPS) is 17.5. The molecule has 5 nitrogen and oxygen atoms in total. The maximum absolute atomic E-state index is 12.2. The van der Waals surface area contributed by atoms with Crippen LogP contribution in [0.5, 0.6) is 0 Å². The Balaban J connectivity index is 1.64. The van der Waals surface area contributed by atoms with Crippen LogP contribution < -0.4 is 0 Å². The molecule has 0 N–H and O–H groups in total. The first-order valence-corrected chi connectivity index (χ1v) is 7.78. The van der Waals surface area contributed by atoms with Crippen molar-refractivity contribution < 1.29 is 14.1 Å². The Labute approximate surface area is 128 Å². The summed E-state index contributed by atoms with van der Waals surface area (Å²) in [6.07, 6.45) is 4.34. The highest BCUT2D eigenvalue weighted by molar-refractivity contribution is 5.93. The van der Waals surface area contributed by atoms with Crippen LogP contribution in [0.25, 0.3) is 11.4 Å². The molecular weight excluding hydrogens is 280 g/mol. The monoisotopic (exact) mass is 298 g/mol. The molecule has 2 aliphatic carbocycles. The third-order valence-electron chi connectivity index (χ3n) is 4.16. The smallest absolute Gasteiger partial charge is 0.338 e. The van der Waals surface area contributed by atoms with Gasteiger partial charge in [0.05, 0.1) is 5.56 Å². The van der Waals surface area contributed by atoms with Gasteiger partial charge in [-0.2, -0.15) is 4.98 Å². The zero-order valence-corrected chi connectivity index (χ0v) is 12.8. The van der Waals surface area contributed by atoms with Gasteiger partial charge in [0.25, 0.3) is 0 Å². The molecule has 4 rings (SSSR count). The molecule has 2 aliphatic rings. The van der Waals surface area contributed by atoms with Crippen molar-refractivity contribution in [1.82, 2.24) is 10.1 Å². The molecule has 0 radical (unpaired) electrons. The Morgan fingerprint density at radius 3 is 2.45 bits per heavy atom. The molecule has 0 spiro atoms. The SMILES string of the molecule is Cc1cc(-c2noc(C3CC3)n2)cc(C)c1C(=O)OC1CC1. The second kappa shape index (κ2) is 4.93. The summed E-state index contributed by atoms with van der Waals surface area (Å²) in [4.78, 5) is 16.7. The van der Waals surface area contributed by atoms with Crippen molar-refractivity contribution >= 4 is 5.97 Å². The maximum Gasteiger partial charge on any atom is 0.338 e. The van der Waals surface area contributed by atoms with Crippen molar-refractivity contribution in [2.45, 2.75) is 51.6 Å². The summed E-state index contributed by atoms with van der Waals surface area (Å²) in [5.41, 5.74) is 3.31.